The maximum Gasteiger partial charge on any atom is 0.274 e. The van der Waals surface area contributed by atoms with Crippen molar-refractivity contribution in [1.29, 1.82) is 0 Å². The van der Waals surface area contributed by atoms with E-state index in [1.807, 2.05) is 0 Å². The van der Waals surface area contributed by atoms with Gasteiger partial charge in [0, 0.05) is 24.8 Å². The van der Waals surface area contributed by atoms with Crippen LogP contribution in [0.2, 0.25) is 0 Å². The number of benzene rings is 1. The number of piperidine rings is 1. The number of hydrogen-bond donors (Lipinski definition) is 1. The average molecular weight is 328 g/mol. The van der Waals surface area contributed by atoms with Crippen LogP contribution in [0.15, 0.2) is 30.3 Å². The van der Waals surface area contributed by atoms with Crippen molar-refractivity contribution in [3.63, 3.8) is 0 Å². The summed E-state index contributed by atoms with van der Waals surface area (Å²) in [6.07, 6.45) is 2.24. The molecule has 1 N–H and O–H groups in total. The first-order valence-corrected chi connectivity index (χ1v) is 8.19. The average Bonchev–Trinajstić information content (AvgIpc) is 2.55. The molecule has 0 aliphatic carbocycles. The van der Waals surface area contributed by atoms with E-state index in [-0.39, 0.29) is 5.91 Å². The van der Waals surface area contributed by atoms with E-state index >= 15 is 0 Å². The number of aryl methyl sites for hydroxylation is 1. The van der Waals surface area contributed by atoms with Gasteiger partial charge in [-0.2, -0.15) is 0 Å². The summed E-state index contributed by atoms with van der Waals surface area (Å²) >= 11 is 0. The summed E-state index contributed by atoms with van der Waals surface area (Å²) in [4.78, 5) is 23.3. The van der Waals surface area contributed by atoms with Crippen LogP contribution in [-0.4, -0.2) is 29.0 Å². The lowest BCUT2D eigenvalue weighted by molar-refractivity contribution is 0.102. The highest BCUT2D eigenvalue weighted by molar-refractivity contribution is 6.03. The number of amides is 1. The van der Waals surface area contributed by atoms with Gasteiger partial charge >= 0.3 is 0 Å². The lowest BCUT2D eigenvalue weighted by atomic mass is 9.99. The Morgan fingerprint density at radius 3 is 2.71 bits per heavy atom. The Bertz CT molecular complexity index is 742. The van der Waals surface area contributed by atoms with Crippen molar-refractivity contribution >= 4 is 17.4 Å². The molecule has 1 aliphatic heterocycles. The van der Waals surface area contributed by atoms with Crippen molar-refractivity contribution in [2.24, 2.45) is 5.92 Å². The van der Waals surface area contributed by atoms with Crippen LogP contribution in [0.25, 0.3) is 0 Å². The van der Waals surface area contributed by atoms with E-state index in [0.29, 0.717) is 17.2 Å². The molecule has 1 amide bonds. The Balaban J connectivity index is 1.79. The van der Waals surface area contributed by atoms with E-state index in [1.165, 1.54) is 12.1 Å². The van der Waals surface area contributed by atoms with Gasteiger partial charge in [-0.1, -0.05) is 13.0 Å². The lowest BCUT2D eigenvalue weighted by Gasteiger charge is -2.31. The molecule has 1 fully saturated rings. The highest BCUT2D eigenvalue weighted by Gasteiger charge is 2.19. The number of nitrogens with one attached hydrogen (secondary N) is 1. The molecule has 2 aromatic rings. The summed E-state index contributed by atoms with van der Waals surface area (Å²) < 4.78 is 13.2. The Morgan fingerprint density at radius 1 is 1.25 bits per heavy atom. The fourth-order valence-electron chi connectivity index (χ4n) is 2.83. The largest absolute Gasteiger partial charge is 0.356 e. The number of aromatic nitrogens is 2. The number of carbonyl (C=O) groups is 1. The van der Waals surface area contributed by atoms with Crippen molar-refractivity contribution in [3.05, 3.63) is 47.7 Å². The highest BCUT2D eigenvalue weighted by Crippen LogP contribution is 2.22. The zero-order valence-corrected chi connectivity index (χ0v) is 13.9. The van der Waals surface area contributed by atoms with Crippen molar-refractivity contribution < 1.29 is 9.18 Å². The maximum atomic E-state index is 13.2. The second-order valence-corrected chi connectivity index (χ2v) is 6.29. The molecular weight excluding hydrogens is 307 g/mol. The second-order valence-electron chi connectivity index (χ2n) is 6.29. The lowest BCUT2D eigenvalue weighted by Crippen LogP contribution is -2.34. The Morgan fingerprint density at radius 2 is 2.00 bits per heavy atom. The number of hydrogen-bond acceptors (Lipinski definition) is 4. The van der Waals surface area contributed by atoms with Crippen molar-refractivity contribution in [1.82, 2.24) is 9.97 Å². The van der Waals surface area contributed by atoms with Crippen LogP contribution in [0.4, 0.5) is 15.9 Å². The standard InChI is InChI=1S/C18H21FN4O/c1-12-6-8-23(9-7-12)17-11-16(20-13(2)21-17)18(24)22-15-5-3-4-14(19)10-15/h3-5,10-12H,6-9H2,1-2H3,(H,22,24). The molecule has 0 spiro atoms. The van der Waals surface area contributed by atoms with E-state index in [2.05, 4.69) is 27.1 Å². The Kier molecular flexibility index (Phi) is 4.74. The van der Waals surface area contributed by atoms with Crippen LogP contribution in [0.3, 0.4) is 0 Å². The number of nitrogens with zero attached hydrogens (tertiary/aromatic N) is 3. The summed E-state index contributed by atoms with van der Waals surface area (Å²) in [6.45, 7) is 5.89. The van der Waals surface area contributed by atoms with Crippen LogP contribution >= 0.6 is 0 Å². The van der Waals surface area contributed by atoms with Crippen molar-refractivity contribution in [2.75, 3.05) is 23.3 Å². The number of rotatable bonds is 3. The van der Waals surface area contributed by atoms with Gasteiger partial charge in [0.05, 0.1) is 0 Å². The summed E-state index contributed by atoms with van der Waals surface area (Å²) in [5.41, 5.74) is 0.699. The predicted octanol–water partition coefficient (Wildman–Crippen LogP) is 3.41. The van der Waals surface area contributed by atoms with Gasteiger partial charge in [-0.05, 0) is 43.9 Å². The topological polar surface area (TPSA) is 58.1 Å². The number of anilines is 2. The predicted molar refractivity (Wildman–Crippen MR) is 91.7 cm³/mol. The molecular formula is C18H21FN4O. The number of carbonyl (C=O) groups excluding carboxylic acids is 1. The first-order chi connectivity index (χ1) is 11.5. The van der Waals surface area contributed by atoms with Crippen LogP contribution in [-0.2, 0) is 0 Å². The summed E-state index contributed by atoms with van der Waals surface area (Å²) in [7, 11) is 0. The smallest absolute Gasteiger partial charge is 0.274 e. The minimum absolute atomic E-state index is 0.292. The van der Waals surface area contributed by atoms with Crippen LogP contribution in [0.5, 0.6) is 0 Å². The molecule has 1 aromatic carbocycles. The van der Waals surface area contributed by atoms with E-state index in [4.69, 9.17) is 0 Å². The minimum atomic E-state index is -0.394. The van der Waals surface area contributed by atoms with E-state index in [1.54, 1.807) is 25.1 Å². The first-order valence-electron chi connectivity index (χ1n) is 8.19. The van der Waals surface area contributed by atoms with Gasteiger partial charge in [0.2, 0.25) is 0 Å². The first kappa shape index (κ1) is 16.4. The molecule has 24 heavy (non-hydrogen) atoms. The van der Waals surface area contributed by atoms with Crippen molar-refractivity contribution in [2.45, 2.75) is 26.7 Å². The normalized spacial score (nSPS) is 15.4. The fraction of sp³-hybridized carbons (Fsp3) is 0.389. The molecule has 1 saturated heterocycles. The third-order valence-electron chi connectivity index (χ3n) is 4.25. The van der Waals surface area contributed by atoms with E-state index in [0.717, 1.165) is 37.7 Å². The van der Waals surface area contributed by atoms with Gasteiger partial charge in [0.15, 0.2) is 0 Å². The molecule has 0 radical (unpaired) electrons. The van der Waals surface area contributed by atoms with Crippen LogP contribution in [0.1, 0.15) is 36.1 Å². The Labute approximate surface area is 140 Å². The molecule has 0 saturated carbocycles. The summed E-state index contributed by atoms with van der Waals surface area (Å²) in [6, 6.07) is 7.51. The van der Waals surface area contributed by atoms with Gasteiger partial charge in [-0.3, -0.25) is 4.79 Å². The summed E-state index contributed by atoms with van der Waals surface area (Å²) in [5, 5.41) is 2.68. The second kappa shape index (κ2) is 6.95. The molecule has 0 bridgehead atoms. The minimum Gasteiger partial charge on any atom is -0.356 e. The maximum absolute atomic E-state index is 13.2. The molecule has 5 nitrogen and oxygen atoms in total. The number of halogens is 1. The third-order valence-corrected chi connectivity index (χ3v) is 4.25. The highest BCUT2D eigenvalue weighted by atomic mass is 19.1. The molecule has 126 valence electrons. The molecule has 0 unspecified atom stereocenters. The molecule has 1 aromatic heterocycles. The fourth-order valence-corrected chi connectivity index (χ4v) is 2.83. The third kappa shape index (κ3) is 3.88. The Hall–Kier alpha value is -2.50. The van der Waals surface area contributed by atoms with E-state index in [9.17, 15) is 9.18 Å². The van der Waals surface area contributed by atoms with E-state index < -0.39 is 5.82 Å². The molecule has 6 heteroatoms. The molecule has 1 aliphatic rings. The quantitative estimate of drug-likeness (QED) is 0.938. The van der Waals surface area contributed by atoms with Crippen LogP contribution in [0, 0.1) is 18.7 Å². The SMILES string of the molecule is Cc1nc(C(=O)Nc2cccc(F)c2)cc(N2CCC(C)CC2)n1. The van der Waals surface area contributed by atoms with Gasteiger partial charge in [-0.15, -0.1) is 0 Å². The molecule has 0 atom stereocenters. The van der Waals surface area contributed by atoms with Gasteiger partial charge < -0.3 is 10.2 Å². The van der Waals surface area contributed by atoms with Gasteiger partial charge in [-0.25, -0.2) is 14.4 Å². The molecule has 2 heterocycles. The summed E-state index contributed by atoms with van der Waals surface area (Å²) in [5.74, 6) is 1.29. The van der Waals surface area contributed by atoms with Crippen molar-refractivity contribution in [3.8, 4) is 0 Å². The molecule has 3 rings (SSSR count). The van der Waals surface area contributed by atoms with Gasteiger partial charge in [0.1, 0.15) is 23.2 Å². The zero-order valence-electron chi connectivity index (χ0n) is 13.9. The monoisotopic (exact) mass is 328 g/mol. The van der Waals surface area contributed by atoms with Crippen LogP contribution < -0.4 is 10.2 Å². The zero-order chi connectivity index (χ0) is 17.1. The van der Waals surface area contributed by atoms with Gasteiger partial charge in [0.25, 0.3) is 5.91 Å².